The summed E-state index contributed by atoms with van der Waals surface area (Å²) in [6.45, 7) is 4.74. The summed E-state index contributed by atoms with van der Waals surface area (Å²) in [5.74, 6) is 0.544. The van der Waals surface area contributed by atoms with Gasteiger partial charge in [0.25, 0.3) is 5.91 Å². The Morgan fingerprint density at radius 1 is 1.29 bits per heavy atom. The molecule has 2 aliphatic rings. The van der Waals surface area contributed by atoms with Gasteiger partial charge >= 0.3 is 6.01 Å². The first-order chi connectivity index (χ1) is 16.6. The number of H-pyrrole nitrogens is 1. The number of hydrogen-bond acceptors (Lipinski definition) is 9. The van der Waals surface area contributed by atoms with Crippen molar-refractivity contribution in [1.29, 1.82) is 0 Å². The van der Waals surface area contributed by atoms with Crippen molar-refractivity contribution in [2.24, 2.45) is 0 Å². The van der Waals surface area contributed by atoms with Gasteiger partial charge in [0.05, 0.1) is 25.9 Å². The Hall–Kier alpha value is -3.31. The molecular weight excluding hydrogens is 438 g/mol. The number of aromatic nitrogens is 5. The van der Waals surface area contributed by atoms with Crippen LogP contribution in [0.2, 0.25) is 0 Å². The molecule has 5 heterocycles. The van der Waals surface area contributed by atoms with E-state index in [0.29, 0.717) is 31.7 Å². The molecule has 34 heavy (non-hydrogen) atoms. The van der Waals surface area contributed by atoms with Crippen LogP contribution in [0.1, 0.15) is 41.9 Å². The molecule has 1 unspecified atom stereocenters. The number of fused-ring (bicyclic) bond motifs is 1. The Morgan fingerprint density at radius 2 is 2.12 bits per heavy atom. The minimum Gasteiger partial charge on any atom is -0.458 e. The molecular formula is C23H29N7O4. The smallest absolute Gasteiger partial charge is 0.322 e. The van der Waals surface area contributed by atoms with Gasteiger partial charge in [0.15, 0.2) is 0 Å². The van der Waals surface area contributed by atoms with E-state index >= 15 is 0 Å². The van der Waals surface area contributed by atoms with Crippen molar-refractivity contribution >= 4 is 22.9 Å². The molecule has 0 radical (unpaired) electrons. The van der Waals surface area contributed by atoms with Crippen LogP contribution in [-0.2, 0) is 9.47 Å². The molecule has 11 nitrogen and oxygen atoms in total. The lowest BCUT2D eigenvalue weighted by atomic mass is 9.89. The molecule has 2 aliphatic heterocycles. The highest BCUT2D eigenvalue weighted by Gasteiger charge is 2.28. The molecule has 2 fully saturated rings. The average Bonchev–Trinajstić information content (AvgIpc) is 3.25. The Bertz CT molecular complexity index is 1140. The molecule has 0 saturated carbocycles. The van der Waals surface area contributed by atoms with Gasteiger partial charge in [-0.3, -0.25) is 4.79 Å². The quantitative estimate of drug-likeness (QED) is 0.508. The number of carbonyl (C=O) groups excluding carboxylic acids is 1. The molecule has 0 aliphatic carbocycles. The number of carbonyl (C=O) groups is 1. The summed E-state index contributed by atoms with van der Waals surface area (Å²) in [4.78, 5) is 35.8. The van der Waals surface area contributed by atoms with E-state index in [2.05, 4.69) is 47.4 Å². The van der Waals surface area contributed by atoms with Crippen LogP contribution >= 0.6 is 0 Å². The monoisotopic (exact) mass is 467 g/mol. The minimum absolute atomic E-state index is 0.0223. The van der Waals surface area contributed by atoms with Crippen LogP contribution in [0.3, 0.4) is 0 Å². The van der Waals surface area contributed by atoms with Gasteiger partial charge in [-0.05, 0) is 43.4 Å². The molecule has 1 amide bonds. The van der Waals surface area contributed by atoms with E-state index in [9.17, 15) is 4.79 Å². The molecule has 3 aromatic rings. The van der Waals surface area contributed by atoms with Gasteiger partial charge < -0.3 is 29.4 Å². The molecule has 2 saturated heterocycles. The number of nitrogens with one attached hydrogen (secondary N) is 2. The SMILES string of the molecule is COCC(C)Oc1nc(C(=O)NC2COC2)nc(N2CCC(c3c[nH]c4ncccc34)CC2)n1. The Labute approximate surface area is 197 Å². The number of ether oxygens (including phenoxy) is 3. The van der Waals surface area contributed by atoms with Crippen LogP contribution in [0.15, 0.2) is 24.5 Å². The fourth-order valence-corrected chi connectivity index (χ4v) is 4.36. The second-order valence-electron chi connectivity index (χ2n) is 8.74. The molecule has 3 aromatic heterocycles. The predicted molar refractivity (Wildman–Crippen MR) is 124 cm³/mol. The topological polar surface area (TPSA) is 127 Å². The molecule has 0 aromatic carbocycles. The largest absolute Gasteiger partial charge is 0.458 e. The first kappa shape index (κ1) is 22.5. The molecule has 5 rings (SSSR count). The van der Waals surface area contributed by atoms with Gasteiger partial charge in [-0.15, -0.1) is 0 Å². The first-order valence-electron chi connectivity index (χ1n) is 11.6. The van der Waals surface area contributed by atoms with E-state index in [1.165, 1.54) is 10.9 Å². The zero-order valence-corrected chi connectivity index (χ0v) is 19.4. The molecule has 2 N–H and O–H groups in total. The number of methoxy groups -OCH3 is 1. The van der Waals surface area contributed by atoms with Crippen LogP contribution in [-0.4, -0.2) is 83.0 Å². The van der Waals surface area contributed by atoms with Crippen molar-refractivity contribution in [1.82, 2.24) is 30.2 Å². The summed E-state index contributed by atoms with van der Waals surface area (Å²) in [5, 5.41) is 4.06. The third-order valence-electron chi connectivity index (χ3n) is 6.19. The third-order valence-corrected chi connectivity index (χ3v) is 6.19. The summed E-state index contributed by atoms with van der Waals surface area (Å²) < 4.78 is 16.1. The zero-order valence-electron chi connectivity index (χ0n) is 19.4. The summed E-state index contributed by atoms with van der Waals surface area (Å²) in [6.07, 6.45) is 5.47. The second-order valence-corrected chi connectivity index (χ2v) is 8.74. The number of rotatable bonds is 8. The maximum Gasteiger partial charge on any atom is 0.322 e. The maximum absolute atomic E-state index is 12.8. The van der Waals surface area contributed by atoms with Gasteiger partial charge in [-0.25, -0.2) is 4.98 Å². The number of amides is 1. The predicted octanol–water partition coefficient (Wildman–Crippen LogP) is 1.67. The standard InChI is InChI=1S/C23H29N7O4/c1-14(11-32-2)34-23-28-20(21(31)26-16-12-33-13-16)27-22(29-23)30-8-5-15(6-9-30)18-10-25-19-17(18)4-3-7-24-19/h3-4,7,10,14-16H,5-6,8-9,11-13H2,1-2H3,(H,24,25)(H,26,31). The van der Waals surface area contributed by atoms with Crippen LogP contribution in [0, 0.1) is 0 Å². The van der Waals surface area contributed by atoms with E-state index in [1.54, 1.807) is 13.3 Å². The number of piperidine rings is 1. The van der Waals surface area contributed by atoms with Crippen LogP contribution in [0.25, 0.3) is 11.0 Å². The summed E-state index contributed by atoms with van der Waals surface area (Å²) in [7, 11) is 1.60. The fourth-order valence-electron chi connectivity index (χ4n) is 4.36. The van der Waals surface area contributed by atoms with Gasteiger partial charge in [0, 0.05) is 38.0 Å². The summed E-state index contributed by atoms with van der Waals surface area (Å²) >= 11 is 0. The maximum atomic E-state index is 12.8. The molecule has 0 spiro atoms. The number of pyridine rings is 1. The summed E-state index contributed by atoms with van der Waals surface area (Å²) in [6, 6.07) is 4.17. The van der Waals surface area contributed by atoms with Crippen molar-refractivity contribution in [3.8, 4) is 6.01 Å². The van der Waals surface area contributed by atoms with Crippen molar-refractivity contribution in [2.45, 2.75) is 37.8 Å². The normalized spacial score (nSPS) is 18.0. The van der Waals surface area contributed by atoms with E-state index in [-0.39, 0.29) is 29.9 Å². The van der Waals surface area contributed by atoms with Gasteiger partial charge in [0.1, 0.15) is 11.8 Å². The van der Waals surface area contributed by atoms with Crippen molar-refractivity contribution in [3.05, 3.63) is 35.9 Å². The highest BCUT2D eigenvalue weighted by atomic mass is 16.5. The summed E-state index contributed by atoms with van der Waals surface area (Å²) in [5.41, 5.74) is 2.20. The lowest BCUT2D eigenvalue weighted by molar-refractivity contribution is -0.00367. The Morgan fingerprint density at radius 3 is 2.85 bits per heavy atom. The van der Waals surface area contributed by atoms with E-state index in [4.69, 9.17) is 14.2 Å². The minimum atomic E-state index is -0.359. The van der Waals surface area contributed by atoms with Crippen molar-refractivity contribution in [3.63, 3.8) is 0 Å². The van der Waals surface area contributed by atoms with E-state index in [1.807, 2.05) is 13.0 Å². The van der Waals surface area contributed by atoms with Crippen LogP contribution < -0.4 is 15.0 Å². The van der Waals surface area contributed by atoms with Crippen LogP contribution in [0.5, 0.6) is 6.01 Å². The fraction of sp³-hybridized carbons (Fsp3) is 0.522. The van der Waals surface area contributed by atoms with Crippen LogP contribution in [0.4, 0.5) is 5.95 Å². The number of hydrogen-bond donors (Lipinski definition) is 2. The molecule has 180 valence electrons. The highest BCUT2D eigenvalue weighted by Crippen LogP contribution is 2.33. The Kier molecular flexibility index (Phi) is 6.54. The lowest BCUT2D eigenvalue weighted by Gasteiger charge is -2.32. The zero-order chi connectivity index (χ0) is 23.5. The van der Waals surface area contributed by atoms with Gasteiger partial charge in [0.2, 0.25) is 11.8 Å². The number of aromatic amines is 1. The molecule has 1 atom stereocenters. The Balaban J connectivity index is 1.33. The van der Waals surface area contributed by atoms with Gasteiger partial charge in [-0.2, -0.15) is 15.0 Å². The van der Waals surface area contributed by atoms with E-state index < -0.39 is 0 Å². The van der Waals surface area contributed by atoms with E-state index in [0.717, 1.165) is 31.6 Å². The second kappa shape index (κ2) is 9.90. The highest BCUT2D eigenvalue weighted by molar-refractivity contribution is 5.91. The third kappa shape index (κ3) is 4.80. The number of anilines is 1. The lowest BCUT2D eigenvalue weighted by Crippen LogP contribution is -2.49. The average molecular weight is 468 g/mol. The molecule has 11 heteroatoms. The first-order valence-corrected chi connectivity index (χ1v) is 11.6. The molecule has 0 bridgehead atoms. The van der Waals surface area contributed by atoms with Crippen molar-refractivity contribution < 1.29 is 19.0 Å². The van der Waals surface area contributed by atoms with Gasteiger partial charge in [-0.1, -0.05) is 0 Å². The number of nitrogens with zero attached hydrogens (tertiary/aromatic N) is 5. The van der Waals surface area contributed by atoms with Crippen molar-refractivity contribution in [2.75, 3.05) is 44.9 Å².